The van der Waals surface area contributed by atoms with Crippen LogP contribution in [0.3, 0.4) is 0 Å². The molecule has 240 valence electrons. The first kappa shape index (κ1) is 33.1. The number of primary sulfonamides is 1. The van der Waals surface area contributed by atoms with Gasteiger partial charge >= 0.3 is 0 Å². The number of nitrogens with one attached hydrogen (secondary N) is 1. The van der Waals surface area contributed by atoms with Crippen molar-refractivity contribution in [3.63, 3.8) is 0 Å². The highest BCUT2D eigenvalue weighted by Crippen LogP contribution is 2.29. The highest BCUT2D eigenvalue weighted by molar-refractivity contribution is 7.89. The molecule has 0 fully saturated rings. The molecular formula is C29H40FN7O6S. The second-order valence-electron chi connectivity index (χ2n) is 11.8. The van der Waals surface area contributed by atoms with Crippen LogP contribution >= 0.6 is 0 Å². The summed E-state index contributed by atoms with van der Waals surface area (Å²) < 4.78 is 40.4. The molecule has 1 aliphatic heterocycles. The Morgan fingerprint density at radius 3 is 2.59 bits per heavy atom. The lowest BCUT2D eigenvalue weighted by atomic mass is 9.89. The number of amides is 4. The number of aromatic nitrogens is 2. The van der Waals surface area contributed by atoms with Crippen molar-refractivity contribution in [1.29, 1.82) is 0 Å². The molecule has 3 N–H and O–H groups in total. The van der Waals surface area contributed by atoms with E-state index in [2.05, 4.69) is 10.4 Å². The van der Waals surface area contributed by atoms with Gasteiger partial charge < -0.3 is 20.0 Å². The van der Waals surface area contributed by atoms with Crippen molar-refractivity contribution >= 4 is 33.7 Å². The second kappa shape index (κ2) is 13.4. The molecule has 2 bridgehead atoms. The van der Waals surface area contributed by atoms with Crippen LogP contribution in [-0.2, 0) is 39.5 Å². The van der Waals surface area contributed by atoms with Gasteiger partial charge in [-0.3, -0.25) is 23.9 Å². The lowest BCUT2D eigenvalue weighted by Gasteiger charge is -2.37. The number of likely N-dealkylation sites (N-methyl/N-ethyl adjacent to an activating group) is 1. The zero-order valence-corrected chi connectivity index (χ0v) is 26.3. The predicted octanol–water partition coefficient (Wildman–Crippen LogP) is 0.673. The molecular weight excluding hydrogens is 593 g/mol. The summed E-state index contributed by atoms with van der Waals surface area (Å²) in [6.07, 6.45) is 2.46. The van der Waals surface area contributed by atoms with Gasteiger partial charge in [-0.05, 0) is 56.2 Å². The maximum absolute atomic E-state index is 14.9. The number of carbonyl (C=O) groups excluding carboxylic acids is 4. The molecule has 0 saturated heterocycles. The van der Waals surface area contributed by atoms with Crippen molar-refractivity contribution in [2.45, 2.75) is 56.9 Å². The largest absolute Gasteiger partial charge is 0.354 e. The Kier molecular flexibility index (Phi) is 10.1. The first-order chi connectivity index (χ1) is 20.7. The minimum Gasteiger partial charge on any atom is -0.354 e. The van der Waals surface area contributed by atoms with Gasteiger partial charge in [0.25, 0.3) is 11.8 Å². The number of hydrogen-bond acceptors (Lipinski definition) is 7. The molecule has 0 spiro atoms. The lowest BCUT2D eigenvalue weighted by molar-refractivity contribution is -0.134. The summed E-state index contributed by atoms with van der Waals surface area (Å²) >= 11 is 0. The molecule has 0 radical (unpaired) electrons. The number of fused-ring (bicyclic) bond motifs is 1. The Morgan fingerprint density at radius 2 is 1.91 bits per heavy atom. The third kappa shape index (κ3) is 7.44. The molecule has 15 heteroatoms. The summed E-state index contributed by atoms with van der Waals surface area (Å²) in [5.74, 6) is -2.71. The van der Waals surface area contributed by atoms with Gasteiger partial charge in [0.2, 0.25) is 21.8 Å². The average molecular weight is 634 g/mol. The first-order valence-corrected chi connectivity index (χ1v) is 16.2. The number of nitrogens with two attached hydrogens (primary N) is 1. The summed E-state index contributed by atoms with van der Waals surface area (Å²) in [6, 6.07) is 2.40. The van der Waals surface area contributed by atoms with Crippen molar-refractivity contribution in [2.24, 2.45) is 18.1 Å². The summed E-state index contributed by atoms with van der Waals surface area (Å²) in [5.41, 5.74) is 1.33. The highest BCUT2D eigenvalue weighted by Gasteiger charge is 2.35. The van der Waals surface area contributed by atoms with Gasteiger partial charge in [-0.15, -0.1) is 0 Å². The van der Waals surface area contributed by atoms with E-state index in [0.29, 0.717) is 32.2 Å². The van der Waals surface area contributed by atoms with Crippen molar-refractivity contribution in [2.75, 3.05) is 39.8 Å². The molecule has 1 unspecified atom stereocenters. The van der Waals surface area contributed by atoms with Crippen molar-refractivity contribution in [3.8, 4) is 0 Å². The Hall–Kier alpha value is -3.85. The fraction of sp³-hybridized carbons (Fsp3) is 0.552. The van der Waals surface area contributed by atoms with E-state index in [1.165, 1.54) is 16.8 Å². The van der Waals surface area contributed by atoms with Gasteiger partial charge in [0.05, 0.1) is 17.0 Å². The van der Waals surface area contributed by atoms with Gasteiger partial charge in [-0.2, -0.15) is 5.10 Å². The molecule has 1 aromatic carbocycles. The van der Waals surface area contributed by atoms with Crippen LogP contribution in [0.15, 0.2) is 23.1 Å². The van der Waals surface area contributed by atoms with E-state index < -0.39 is 44.7 Å². The molecule has 13 nitrogen and oxygen atoms in total. The van der Waals surface area contributed by atoms with Crippen molar-refractivity contribution < 1.29 is 32.0 Å². The standard InChI is InChI=1S/C29H40FN7O6S/c1-18(2)10-13-37-19-6-9-24-22(14-19)27(33-35(24)4)29(41)34(3)16-25(38)32-11-5-12-36(17-26(37)39)28(40)21-15-20(44(31,42)43)7-8-23(21)30/h7-8,15,18-19H,5-6,9-14,16-17H2,1-4H3,(H,32,38)(H2,31,42,43). The molecule has 0 saturated carbocycles. The Labute approximate surface area is 256 Å². The zero-order valence-electron chi connectivity index (χ0n) is 25.5. The Morgan fingerprint density at radius 1 is 1.18 bits per heavy atom. The fourth-order valence-corrected chi connectivity index (χ4v) is 6.20. The van der Waals surface area contributed by atoms with Crippen LogP contribution < -0.4 is 10.5 Å². The smallest absolute Gasteiger partial charge is 0.274 e. The Bertz CT molecular complexity index is 1560. The highest BCUT2D eigenvalue weighted by atomic mass is 32.2. The third-order valence-corrected chi connectivity index (χ3v) is 9.02. The molecule has 1 atom stereocenters. The monoisotopic (exact) mass is 633 g/mol. The van der Waals surface area contributed by atoms with Gasteiger partial charge in [0.1, 0.15) is 12.4 Å². The van der Waals surface area contributed by atoms with Crippen LogP contribution in [0.4, 0.5) is 4.39 Å². The van der Waals surface area contributed by atoms with Gasteiger partial charge in [0, 0.05) is 51.0 Å². The normalized spacial score (nSPS) is 19.0. The van der Waals surface area contributed by atoms with Gasteiger partial charge in [0.15, 0.2) is 5.69 Å². The lowest BCUT2D eigenvalue weighted by Crippen LogP contribution is -2.50. The molecule has 44 heavy (non-hydrogen) atoms. The van der Waals surface area contributed by atoms with E-state index in [9.17, 15) is 32.0 Å². The molecule has 2 aromatic rings. The van der Waals surface area contributed by atoms with E-state index in [4.69, 9.17) is 5.14 Å². The van der Waals surface area contributed by atoms with Crippen LogP contribution in [-0.4, -0.2) is 102 Å². The van der Waals surface area contributed by atoms with E-state index >= 15 is 0 Å². The zero-order chi connectivity index (χ0) is 32.3. The average Bonchev–Trinajstić information content (AvgIpc) is 3.28. The quantitative estimate of drug-likeness (QED) is 0.488. The number of hydrogen-bond donors (Lipinski definition) is 2. The van der Waals surface area contributed by atoms with E-state index in [1.54, 1.807) is 16.6 Å². The van der Waals surface area contributed by atoms with Gasteiger partial charge in [-0.25, -0.2) is 17.9 Å². The summed E-state index contributed by atoms with van der Waals surface area (Å²) in [6.45, 7) is 3.97. The van der Waals surface area contributed by atoms with Crippen LogP contribution in [0.1, 0.15) is 65.2 Å². The van der Waals surface area contributed by atoms with Crippen molar-refractivity contribution in [1.82, 2.24) is 29.8 Å². The van der Waals surface area contributed by atoms with E-state index in [-0.39, 0.29) is 55.5 Å². The summed E-state index contributed by atoms with van der Waals surface area (Å²) in [5, 5.41) is 12.4. The van der Waals surface area contributed by atoms with Crippen LogP contribution in [0, 0.1) is 11.7 Å². The molecule has 2 aliphatic rings. The number of halogens is 1. The number of nitrogens with zero attached hydrogens (tertiary/aromatic N) is 5. The molecule has 2 heterocycles. The number of benzene rings is 1. The van der Waals surface area contributed by atoms with E-state index in [1.807, 2.05) is 13.8 Å². The maximum atomic E-state index is 14.9. The van der Waals surface area contributed by atoms with Crippen LogP contribution in [0.5, 0.6) is 0 Å². The van der Waals surface area contributed by atoms with Gasteiger partial charge in [-0.1, -0.05) is 13.8 Å². The number of sulfonamides is 1. The summed E-state index contributed by atoms with van der Waals surface area (Å²) in [7, 11) is -0.938. The fourth-order valence-electron chi connectivity index (χ4n) is 5.66. The van der Waals surface area contributed by atoms with Crippen molar-refractivity contribution in [3.05, 3.63) is 46.5 Å². The van der Waals surface area contributed by atoms with E-state index in [0.717, 1.165) is 29.5 Å². The third-order valence-electron chi connectivity index (χ3n) is 8.10. The topological polar surface area (TPSA) is 168 Å². The molecule has 4 amide bonds. The SMILES string of the molecule is CC(C)CCN1C(=O)CN(C(=O)c2cc(S(N)(=O)=O)ccc2F)CCCNC(=O)CN(C)C(=O)c2nn(C)c3c2CC1CC3. The summed E-state index contributed by atoms with van der Waals surface area (Å²) in [4.78, 5) is 57.4. The number of rotatable bonds is 5. The second-order valence-corrected chi connectivity index (χ2v) is 13.4. The molecule has 1 aliphatic carbocycles. The first-order valence-electron chi connectivity index (χ1n) is 14.6. The molecule has 4 rings (SSSR count). The number of carbonyl (C=O) groups is 4. The minimum absolute atomic E-state index is 0.0295. The Balaban J connectivity index is 1.73. The maximum Gasteiger partial charge on any atom is 0.274 e. The van der Waals surface area contributed by atoms with Crippen LogP contribution in [0.2, 0.25) is 0 Å². The van der Waals surface area contributed by atoms with Crippen LogP contribution in [0.25, 0.3) is 0 Å². The molecule has 1 aromatic heterocycles. The minimum atomic E-state index is -4.23. The predicted molar refractivity (Wildman–Crippen MR) is 158 cm³/mol. The number of aryl methyl sites for hydroxylation is 1.